The Balaban J connectivity index is 2.39. The van der Waals surface area contributed by atoms with Gasteiger partial charge in [-0.1, -0.05) is 22.0 Å². The lowest BCUT2D eigenvalue weighted by atomic mass is 10.00. The van der Waals surface area contributed by atoms with Crippen LogP contribution in [0.2, 0.25) is 0 Å². The number of rotatable bonds is 1. The average molecular weight is 256 g/mol. The summed E-state index contributed by atoms with van der Waals surface area (Å²) in [5.41, 5.74) is 1.82. The molecule has 1 aromatic rings. The lowest BCUT2D eigenvalue weighted by Crippen LogP contribution is -2.20. The predicted octanol–water partition coefficient (Wildman–Crippen LogP) is 2.96. The number of nitrogens with one attached hydrogen (secondary N) is 1. The summed E-state index contributed by atoms with van der Waals surface area (Å²) in [6.07, 6.45) is 2.95. The van der Waals surface area contributed by atoms with E-state index in [1.165, 1.54) is 6.07 Å². The summed E-state index contributed by atoms with van der Waals surface area (Å²) < 4.78 is 14.4. The zero-order chi connectivity index (χ0) is 9.97. The maximum Gasteiger partial charge on any atom is 0.130 e. The van der Waals surface area contributed by atoms with E-state index in [1.54, 1.807) is 6.07 Å². The molecule has 0 spiro atoms. The first-order valence-electron chi connectivity index (χ1n) is 4.62. The molecular formula is C11H11BrFN. The fourth-order valence-electron chi connectivity index (χ4n) is 1.61. The van der Waals surface area contributed by atoms with E-state index in [9.17, 15) is 4.39 Å². The molecule has 0 fully saturated rings. The minimum absolute atomic E-state index is 0.138. The molecule has 0 unspecified atom stereocenters. The smallest absolute Gasteiger partial charge is 0.130 e. The van der Waals surface area contributed by atoms with Gasteiger partial charge in [0.15, 0.2) is 0 Å². The van der Waals surface area contributed by atoms with Crippen molar-refractivity contribution in [1.29, 1.82) is 0 Å². The molecule has 1 N–H and O–H groups in total. The average Bonchev–Trinajstić information content (AvgIpc) is 2.23. The van der Waals surface area contributed by atoms with Crippen molar-refractivity contribution in [2.24, 2.45) is 0 Å². The van der Waals surface area contributed by atoms with Gasteiger partial charge in [0.2, 0.25) is 0 Å². The van der Waals surface area contributed by atoms with Crippen molar-refractivity contribution in [3.63, 3.8) is 0 Å². The van der Waals surface area contributed by atoms with E-state index in [-0.39, 0.29) is 5.82 Å². The van der Waals surface area contributed by atoms with Crippen LogP contribution in [-0.2, 0) is 0 Å². The van der Waals surface area contributed by atoms with Crippen LogP contribution < -0.4 is 5.32 Å². The molecule has 0 aromatic heterocycles. The first-order valence-corrected chi connectivity index (χ1v) is 5.42. The van der Waals surface area contributed by atoms with Crippen molar-refractivity contribution in [1.82, 2.24) is 5.32 Å². The molecule has 1 aliphatic rings. The quantitative estimate of drug-likeness (QED) is 0.814. The lowest BCUT2D eigenvalue weighted by molar-refractivity contribution is 0.620. The SMILES string of the molecule is Fc1ccc(Br)cc1C1=CCNCC1. The van der Waals surface area contributed by atoms with Gasteiger partial charge in [-0.15, -0.1) is 0 Å². The van der Waals surface area contributed by atoms with Crippen molar-refractivity contribution in [2.45, 2.75) is 6.42 Å². The van der Waals surface area contributed by atoms with E-state index in [4.69, 9.17) is 0 Å². The largest absolute Gasteiger partial charge is 0.313 e. The van der Waals surface area contributed by atoms with Crippen molar-refractivity contribution in [3.05, 3.63) is 40.1 Å². The third-order valence-electron chi connectivity index (χ3n) is 2.34. The topological polar surface area (TPSA) is 12.0 Å². The summed E-state index contributed by atoms with van der Waals surface area (Å²) in [6.45, 7) is 1.76. The molecule has 0 amide bonds. The maximum absolute atomic E-state index is 13.5. The molecule has 3 heteroatoms. The van der Waals surface area contributed by atoms with Crippen LogP contribution in [0.4, 0.5) is 4.39 Å². The number of hydrogen-bond acceptors (Lipinski definition) is 1. The highest BCUT2D eigenvalue weighted by Crippen LogP contribution is 2.25. The van der Waals surface area contributed by atoms with E-state index in [1.807, 2.05) is 12.1 Å². The summed E-state index contributed by atoms with van der Waals surface area (Å²) in [5.74, 6) is -0.138. The Morgan fingerprint density at radius 1 is 1.36 bits per heavy atom. The standard InChI is InChI=1S/C11H11BrFN/c12-9-1-2-11(13)10(7-9)8-3-5-14-6-4-8/h1-3,7,14H,4-6H2. The van der Waals surface area contributed by atoms with Gasteiger partial charge < -0.3 is 5.32 Å². The van der Waals surface area contributed by atoms with E-state index in [0.29, 0.717) is 0 Å². The van der Waals surface area contributed by atoms with Crippen molar-refractivity contribution < 1.29 is 4.39 Å². The molecule has 0 radical (unpaired) electrons. The van der Waals surface area contributed by atoms with Crippen molar-refractivity contribution >= 4 is 21.5 Å². The van der Waals surface area contributed by atoms with Gasteiger partial charge in [-0.25, -0.2) is 4.39 Å². The second kappa shape index (κ2) is 4.24. The molecule has 0 saturated heterocycles. The van der Waals surface area contributed by atoms with Crippen molar-refractivity contribution in [3.8, 4) is 0 Å². The van der Waals surface area contributed by atoms with Gasteiger partial charge in [-0.05, 0) is 36.7 Å². The third-order valence-corrected chi connectivity index (χ3v) is 2.83. The first-order chi connectivity index (χ1) is 6.77. The maximum atomic E-state index is 13.5. The highest BCUT2D eigenvalue weighted by atomic mass is 79.9. The van der Waals surface area contributed by atoms with Gasteiger partial charge in [0, 0.05) is 16.6 Å². The molecule has 1 heterocycles. The minimum Gasteiger partial charge on any atom is -0.313 e. The van der Waals surface area contributed by atoms with Gasteiger partial charge in [0.1, 0.15) is 5.82 Å². The fraction of sp³-hybridized carbons (Fsp3) is 0.273. The zero-order valence-corrected chi connectivity index (χ0v) is 9.27. The van der Waals surface area contributed by atoms with E-state index in [2.05, 4.69) is 21.2 Å². The summed E-state index contributed by atoms with van der Waals surface area (Å²) >= 11 is 3.35. The van der Waals surface area contributed by atoms with Crippen LogP contribution in [0.5, 0.6) is 0 Å². The molecule has 0 saturated carbocycles. The Kier molecular flexibility index (Phi) is 2.99. The molecule has 1 aromatic carbocycles. The summed E-state index contributed by atoms with van der Waals surface area (Å²) in [6, 6.07) is 5.06. The zero-order valence-electron chi connectivity index (χ0n) is 7.69. The summed E-state index contributed by atoms with van der Waals surface area (Å²) in [5, 5.41) is 3.21. The molecule has 1 aliphatic heterocycles. The molecule has 0 aliphatic carbocycles. The molecule has 1 nitrogen and oxygen atoms in total. The predicted molar refractivity (Wildman–Crippen MR) is 59.6 cm³/mol. The van der Waals surface area contributed by atoms with Crippen LogP contribution in [0.3, 0.4) is 0 Å². The van der Waals surface area contributed by atoms with Crippen molar-refractivity contribution in [2.75, 3.05) is 13.1 Å². The second-order valence-electron chi connectivity index (χ2n) is 3.31. The second-order valence-corrected chi connectivity index (χ2v) is 4.22. The highest BCUT2D eigenvalue weighted by Gasteiger charge is 2.10. The molecule has 74 valence electrons. The normalized spacial score (nSPS) is 16.6. The van der Waals surface area contributed by atoms with Crippen LogP contribution in [-0.4, -0.2) is 13.1 Å². The van der Waals surface area contributed by atoms with Crippen LogP contribution in [0, 0.1) is 5.82 Å². The third kappa shape index (κ3) is 2.04. The number of benzene rings is 1. The molecule has 0 atom stereocenters. The summed E-state index contributed by atoms with van der Waals surface area (Å²) in [4.78, 5) is 0. The Morgan fingerprint density at radius 2 is 2.21 bits per heavy atom. The molecule has 14 heavy (non-hydrogen) atoms. The lowest BCUT2D eigenvalue weighted by Gasteiger charge is -2.14. The van der Waals surface area contributed by atoms with Crippen LogP contribution in [0.15, 0.2) is 28.7 Å². The van der Waals surface area contributed by atoms with Gasteiger partial charge >= 0.3 is 0 Å². The Hall–Kier alpha value is -0.670. The Bertz CT molecular complexity index is 374. The number of halogens is 2. The van der Waals surface area contributed by atoms with Crippen LogP contribution >= 0.6 is 15.9 Å². The molecular weight excluding hydrogens is 245 g/mol. The number of hydrogen-bond donors (Lipinski definition) is 1. The van der Waals surface area contributed by atoms with E-state index >= 15 is 0 Å². The van der Waals surface area contributed by atoms with E-state index in [0.717, 1.165) is 35.1 Å². The van der Waals surface area contributed by atoms with Gasteiger partial charge in [-0.3, -0.25) is 0 Å². The fourth-order valence-corrected chi connectivity index (χ4v) is 1.97. The summed E-state index contributed by atoms with van der Waals surface area (Å²) in [7, 11) is 0. The Morgan fingerprint density at radius 3 is 2.93 bits per heavy atom. The van der Waals surface area contributed by atoms with Crippen LogP contribution in [0.1, 0.15) is 12.0 Å². The van der Waals surface area contributed by atoms with E-state index < -0.39 is 0 Å². The monoisotopic (exact) mass is 255 g/mol. The van der Waals surface area contributed by atoms with Gasteiger partial charge in [0.25, 0.3) is 0 Å². The molecule has 2 rings (SSSR count). The molecule has 0 bridgehead atoms. The van der Waals surface area contributed by atoms with Gasteiger partial charge in [0.05, 0.1) is 0 Å². The van der Waals surface area contributed by atoms with Gasteiger partial charge in [-0.2, -0.15) is 0 Å². The highest BCUT2D eigenvalue weighted by molar-refractivity contribution is 9.10. The minimum atomic E-state index is -0.138. The van der Waals surface area contributed by atoms with Crippen LogP contribution in [0.25, 0.3) is 5.57 Å². The Labute approximate surface area is 91.1 Å². The first kappa shape index (κ1) is 9.87.